The summed E-state index contributed by atoms with van der Waals surface area (Å²) in [7, 11) is 5.68. The minimum Gasteiger partial charge on any atom is -0.550 e. The lowest BCUT2D eigenvalue weighted by atomic mass is 10.2. The predicted molar refractivity (Wildman–Crippen MR) is 80.6 cm³/mol. The van der Waals surface area contributed by atoms with E-state index in [0.717, 1.165) is 0 Å². The summed E-state index contributed by atoms with van der Waals surface area (Å²) in [5, 5.41) is 26.6. The van der Waals surface area contributed by atoms with Crippen LogP contribution >= 0.6 is 0 Å². The molecule has 0 aliphatic rings. The van der Waals surface area contributed by atoms with E-state index in [1.807, 2.05) is 21.1 Å². The molecular formula is C14H26N2O8. The fraction of sp³-hybridized carbons (Fsp3) is 0.714. The molecule has 140 valence electrons. The Bertz CT molecular complexity index is 429. The lowest BCUT2D eigenvalue weighted by Crippen LogP contribution is -2.45. The van der Waals surface area contributed by atoms with Gasteiger partial charge in [-0.2, -0.15) is 0 Å². The first-order chi connectivity index (χ1) is 10.7. The molecule has 0 spiro atoms. The third-order valence-corrected chi connectivity index (χ3v) is 2.46. The van der Waals surface area contributed by atoms with Crippen molar-refractivity contribution in [3.8, 4) is 0 Å². The smallest absolute Gasteiger partial charge is 0.320 e. The van der Waals surface area contributed by atoms with E-state index < -0.39 is 36.0 Å². The molecule has 10 heteroatoms. The van der Waals surface area contributed by atoms with Crippen LogP contribution in [0.5, 0.6) is 0 Å². The highest BCUT2D eigenvalue weighted by Crippen LogP contribution is 2.04. The molecule has 0 fully saturated rings. The van der Waals surface area contributed by atoms with Gasteiger partial charge >= 0.3 is 17.9 Å². The summed E-state index contributed by atoms with van der Waals surface area (Å²) in [4.78, 5) is 40.9. The van der Waals surface area contributed by atoms with Gasteiger partial charge in [-0.05, 0) is 6.42 Å². The lowest BCUT2D eigenvalue weighted by molar-refractivity contribution is -0.873. The quantitative estimate of drug-likeness (QED) is 0.315. The van der Waals surface area contributed by atoms with Gasteiger partial charge in [0, 0.05) is 25.7 Å². The minimum atomic E-state index is -1.20. The second kappa shape index (κ2) is 11.4. The van der Waals surface area contributed by atoms with E-state index in [2.05, 4.69) is 0 Å². The van der Waals surface area contributed by atoms with Crippen molar-refractivity contribution in [3.63, 3.8) is 0 Å². The first-order valence-corrected chi connectivity index (χ1v) is 7.12. The number of hydrogen-bond acceptors (Lipinski definition) is 7. The Balaban J connectivity index is 0. The van der Waals surface area contributed by atoms with Crippen molar-refractivity contribution in [2.24, 2.45) is 5.73 Å². The topological polar surface area (TPSA) is 167 Å². The standard InChI is InChI=1S/C9H17NO4.C5H9NO4/c1-7(11)14-8(5-9(12)13)6-10(2,3)4;6-3(5(9)10)1-2-4(7)8/h8H,5-6H2,1-4H3;3H,1-2,6H2,(H,7,8)(H,9,10)/t;3-/m.0/s1. The normalized spacial score (nSPS) is 13.0. The molecule has 2 atom stereocenters. The van der Waals surface area contributed by atoms with Gasteiger partial charge in [0.1, 0.15) is 12.6 Å². The van der Waals surface area contributed by atoms with Gasteiger partial charge in [-0.3, -0.25) is 14.4 Å². The molecule has 0 aromatic carbocycles. The van der Waals surface area contributed by atoms with Gasteiger partial charge in [-0.15, -0.1) is 0 Å². The number of ether oxygens (including phenoxy) is 1. The van der Waals surface area contributed by atoms with Crippen molar-refractivity contribution in [3.05, 3.63) is 0 Å². The van der Waals surface area contributed by atoms with Gasteiger partial charge in [0.25, 0.3) is 0 Å². The Morgan fingerprint density at radius 2 is 1.67 bits per heavy atom. The van der Waals surface area contributed by atoms with Gasteiger partial charge in [0.15, 0.2) is 6.10 Å². The van der Waals surface area contributed by atoms with Crippen LogP contribution in [-0.4, -0.2) is 78.4 Å². The summed E-state index contributed by atoms with van der Waals surface area (Å²) in [5.74, 6) is -3.87. The number of nitrogens with zero attached hydrogens (tertiary/aromatic N) is 1. The Hall–Kier alpha value is -2.20. The first kappa shape index (κ1) is 24.1. The molecule has 0 bridgehead atoms. The van der Waals surface area contributed by atoms with Crippen LogP contribution in [0.2, 0.25) is 0 Å². The maximum absolute atomic E-state index is 10.7. The van der Waals surface area contributed by atoms with Gasteiger partial charge in [-0.25, -0.2) is 0 Å². The van der Waals surface area contributed by atoms with Crippen molar-refractivity contribution in [1.29, 1.82) is 0 Å². The van der Waals surface area contributed by atoms with Crippen LogP contribution in [-0.2, 0) is 23.9 Å². The number of esters is 1. The predicted octanol–water partition coefficient (Wildman–Crippen LogP) is -1.97. The molecule has 0 aromatic heterocycles. The molecule has 0 aliphatic carbocycles. The SMILES string of the molecule is CC(=O)OC(CC(=O)[O-])C[N+](C)(C)C.N[C@@H](CCC(=O)O)C(=O)O. The number of quaternary nitrogens is 1. The molecule has 0 heterocycles. The Morgan fingerprint density at radius 1 is 1.17 bits per heavy atom. The van der Waals surface area contributed by atoms with Crippen LogP contribution in [0.15, 0.2) is 0 Å². The second-order valence-electron chi connectivity index (χ2n) is 6.16. The summed E-state index contributed by atoms with van der Waals surface area (Å²) in [6.07, 6.45) is -1.09. The first-order valence-electron chi connectivity index (χ1n) is 7.12. The van der Waals surface area contributed by atoms with E-state index in [1.165, 1.54) is 6.92 Å². The van der Waals surface area contributed by atoms with Crippen molar-refractivity contribution in [2.45, 2.75) is 38.3 Å². The number of carbonyl (C=O) groups excluding carboxylic acids is 2. The monoisotopic (exact) mass is 350 g/mol. The third kappa shape index (κ3) is 17.9. The molecule has 0 rings (SSSR count). The number of hydrogen-bond donors (Lipinski definition) is 3. The molecule has 0 saturated heterocycles. The van der Waals surface area contributed by atoms with Crippen LogP contribution in [0.25, 0.3) is 0 Å². The molecule has 0 aromatic rings. The number of carbonyl (C=O) groups is 4. The summed E-state index contributed by atoms with van der Waals surface area (Å²) in [6.45, 7) is 1.71. The second-order valence-corrected chi connectivity index (χ2v) is 6.16. The average Bonchev–Trinajstić information content (AvgIpc) is 2.32. The summed E-state index contributed by atoms with van der Waals surface area (Å²) in [5.41, 5.74) is 5.00. The summed E-state index contributed by atoms with van der Waals surface area (Å²) in [6, 6.07) is -1.06. The van der Waals surface area contributed by atoms with E-state index in [9.17, 15) is 24.3 Å². The van der Waals surface area contributed by atoms with Crippen molar-refractivity contribution in [2.75, 3.05) is 27.7 Å². The highest BCUT2D eigenvalue weighted by molar-refractivity contribution is 5.74. The zero-order valence-electron chi connectivity index (χ0n) is 14.4. The van der Waals surface area contributed by atoms with Gasteiger partial charge in [-0.1, -0.05) is 0 Å². The van der Waals surface area contributed by atoms with Crippen molar-refractivity contribution in [1.82, 2.24) is 0 Å². The van der Waals surface area contributed by atoms with Gasteiger partial charge in [0.2, 0.25) is 0 Å². The van der Waals surface area contributed by atoms with Gasteiger partial charge < -0.3 is 35.1 Å². The molecule has 0 saturated carbocycles. The molecular weight excluding hydrogens is 324 g/mol. The fourth-order valence-electron chi connectivity index (χ4n) is 1.58. The maximum atomic E-state index is 10.7. The Morgan fingerprint density at radius 3 is 1.96 bits per heavy atom. The zero-order valence-corrected chi connectivity index (χ0v) is 14.4. The molecule has 0 amide bonds. The Kier molecular flexibility index (Phi) is 11.4. The Labute approximate surface area is 140 Å². The number of aliphatic carboxylic acids is 3. The number of nitrogens with two attached hydrogens (primary N) is 1. The third-order valence-electron chi connectivity index (χ3n) is 2.46. The van der Waals surface area contributed by atoms with Gasteiger partial charge in [0.05, 0.1) is 21.1 Å². The van der Waals surface area contributed by atoms with Crippen LogP contribution in [0.4, 0.5) is 0 Å². The van der Waals surface area contributed by atoms with E-state index in [0.29, 0.717) is 11.0 Å². The molecule has 0 aliphatic heterocycles. The summed E-state index contributed by atoms with van der Waals surface area (Å²) < 4.78 is 5.39. The molecule has 1 unspecified atom stereocenters. The lowest BCUT2D eigenvalue weighted by Gasteiger charge is -2.28. The van der Waals surface area contributed by atoms with Crippen LogP contribution in [0, 0.1) is 0 Å². The zero-order chi connectivity index (χ0) is 19.5. The molecule has 4 N–H and O–H groups in total. The van der Waals surface area contributed by atoms with Crippen molar-refractivity contribution < 1.29 is 43.7 Å². The fourth-order valence-corrected chi connectivity index (χ4v) is 1.58. The summed E-state index contributed by atoms with van der Waals surface area (Å²) >= 11 is 0. The van der Waals surface area contributed by atoms with E-state index in [4.69, 9.17) is 20.7 Å². The average molecular weight is 350 g/mol. The number of carboxylic acids is 3. The number of likely N-dealkylation sites (N-methyl/N-ethyl adjacent to an activating group) is 1. The van der Waals surface area contributed by atoms with Crippen LogP contribution in [0.1, 0.15) is 26.2 Å². The maximum Gasteiger partial charge on any atom is 0.320 e. The molecule has 24 heavy (non-hydrogen) atoms. The van der Waals surface area contributed by atoms with E-state index in [-0.39, 0.29) is 19.3 Å². The number of rotatable bonds is 9. The largest absolute Gasteiger partial charge is 0.550 e. The molecule has 0 radical (unpaired) electrons. The van der Waals surface area contributed by atoms with E-state index in [1.54, 1.807) is 0 Å². The molecule has 10 nitrogen and oxygen atoms in total. The highest BCUT2D eigenvalue weighted by Gasteiger charge is 2.20. The highest BCUT2D eigenvalue weighted by atomic mass is 16.5. The van der Waals surface area contributed by atoms with E-state index >= 15 is 0 Å². The minimum absolute atomic E-state index is 0.0231. The van der Waals surface area contributed by atoms with Crippen LogP contribution < -0.4 is 10.8 Å². The van der Waals surface area contributed by atoms with Crippen molar-refractivity contribution >= 4 is 23.9 Å². The van der Waals surface area contributed by atoms with Crippen LogP contribution in [0.3, 0.4) is 0 Å². The number of carboxylic acid groups (broad SMARTS) is 3.